The normalized spacial score (nSPS) is 12.0. The van der Waals surface area contributed by atoms with Gasteiger partial charge in [0.2, 0.25) is 0 Å². The van der Waals surface area contributed by atoms with Gasteiger partial charge in [-0.25, -0.2) is 0 Å². The zero-order chi connectivity index (χ0) is 7.33. The van der Waals surface area contributed by atoms with Gasteiger partial charge < -0.3 is 0 Å². The summed E-state index contributed by atoms with van der Waals surface area (Å²) in [5, 5.41) is 0. The summed E-state index contributed by atoms with van der Waals surface area (Å²) in [7, 11) is 0.827. The Morgan fingerprint density at radius 3 is 2.22 bits per heavy atom. The van der Waals surface area contributed by atoms with Crippen LogP contribution in [0.1, 0.15) is 13.3 Å². The summed E-state index contributed by atoms with van der Waals surface area (Å²) < 4.78 is 34.0. The summed E-state index contributed by atoms with van der Waals surface area (Å²) in [5.74, 6) is 0.560. The lowest BCUT2D eigenvalue weighted by molar-refractivity contribution is -0.0311. The van der Waals surface area contributed by atoms with Crippen molar-refractivity contribution < 1.29 is 13.2 Å². The number of halogens is 3. The van der Waals surface area contributed by atoms with Crippen LogP contribution >= 0.6 is 21.6 Å². The minimum atomic E-state index is -4.07. The topological polar surface area (TPSA) is 0 Å². The molecule has 56 valence electrons. The molecule has 0 fully saturated rings. The van der Waals surface area contributed by atoms with E-state index >= 15 is 0 Å². The molecule has 0 amide bonds. The van der Waals surface area contributed by atoms with E-state index in [1.54, 1.807) is 0 Å². The van der Waals surface area contributed by atoms with Crippen molar-refractivity contribution in [1.82, 2.24) is 0 Å². The number of alkyl halides is 3. The smallest absolute Gasteiger partial charge is 0.160 e. The van der Waals surface area contributed by atoms with Crippen molar-refractivity contribution in [2.75, 3.05) is 5.75 Å². The molecule has 0 aromatic heterocycles. The second kappa shape index (κ2) is 4.33. The van der Waals surface area contributed by atoms with Gasteiger partial charge in [-0.2, -0.15) is 13.2 Å². The minimum absolute atomic E-state index is 0.0252. The lowest BCUT2D eigenvalue weighted by Gasteiger charge is -2.01. The molecule has 0 rings (SSSR count). The summed E-state index contributed by atoms with van der Waals surface area (Å²) in [5.41, 5.74) is -4.07. The van der Waals surface area contributed by atoms with E-state index in [-0.39, 0.29) is 10.8 Å². The van der Waals surface area contributed by atoms with Crippen molar-refractivity contribution in [2.24, 2.45) is 0 Å². The molecule has 5 heteroatoms. The van der Waals surface area contributed by atoms with E-state index < -0.39 is 5.51 Å². The highest BCUT2D eigenvalue weighted by Gasteiger charge is 2.28. The van der Waals surface area contributed by atoms with Crippen LogP contribution in [-0.4, -0.2) is 11.3 Å². The zero-order valence-electron chi connectivity index (χ0n) is 4.86. The maximum absolute atomic E-state index is 11.3. The molecule has 0 radical (unpaired) electrons. The Labute approximate surface area is 60.0 Å². The van der Waals surface area contributed by atoms with Gasteiger partial charge in [-0.3, -0.25) is 0 Å². The predicted molar refractivity (Wildman–Crippen MR) is 36.4 cm³/mol. The van der Waals surface area contributed by atoms with Crippen molar-refractivity contribution in [3.8, 4) is 0 Å². The van der Waals surface area contributed by atoms with E-state index in [9.17, 15) is 13.2 Å². The average Bonchev–Trinajstić information content (AvgIpc) is 1.63. The van der Waals surface area contributed by atoms with Crippen molar-refractivity contribution in [2.45, 2.75) is 18.9 Å². The molecule has 0 aliphatic heterocycles. The minimum Gasteiger partial charge on any atom is -0.160 e. The van der Waals surface area contributed by atoms with Crippen molar-refractivity contribution in [1.29, 1.82) is 0 Å². The lowest BCUT2D eigenvalue weighted by atomic mass is 10.6. The first-order valence-corrected chi connectivity index (χ1v) is 4.75. The van der Waals surface area contributed by atoms with E-state index in [0.717, 1.165) is 17.2 Å². The Balaban J connectivity index is 3.07. The standard InChI is InChI=1S/C4H7F3S2/c1-2-3-8-9-4(5,6)7/h2-3H2,1H3. The Bertz CT molecular complexity index is 70.7. The van der Waals surface area contributed by atoms with E-state index in [4.69, 9.17) is 0 Å². The quantitative estimate of drug-likeness (QED) is 0.478. The van der Waals surface area contributed by atoms with Gasteiger partial charge in [-0.05, 0) is 6.42 Å². The van der Waals surface area contributed by atoms with Crippen LogP contribution in [0.4, 0.5) is 13.2 Å². The van der Waals surface area contributed by atoms with E-state index in [1.165, 1.54) is 0 Å². The largest absolute Gasteiger partial charge is 0.452 e. The molecule has 0 heterocycles. The fraction of sp³-hybridized carbons (Fsp3) is 1.00. The molecule has 0 aliphatic rings. The lowest BCUT2D eigenvalue weighted by Crippen LogP contribution is -1.96. The Hall–Kier alpha value is 0.490. The third-order valence-electron chi connectivity index (χ3n) is 0.441. The fourth-order valence-electron chi connectivity index (χ4n) is 0.192. The molecule has 0 unspecified atom stereocenters. The van der Waals surface area contributed by atoms with Crippen LogP contribution in [0.25, 0.3) is 0 Å². The molecule has 0 nitrogen and oxygen atoms in total. The molecule has 0 spiro atoms. The molecule has 0 bridgehead atoms. The van der Waals surface area contributed by atoms with Gasteiger partial charge in [0.15, 0.2) is 0 Å². The van der Waals surface area contributed by atoms with Crippen molar-refractivity contribution in [3.05, 3.63) is 0 Å². The average molecular weight is 176 g/mol. The van der Waals surface area contributed by atoms with E-state index in [1.807, 2.05) is 6.92 Å². The van der Waals surface area contributed by atoms with Gasteiger partial charge in [0, 0.05) is 16.5 Å². The van der Waals surface area contributed by atoms with Gasteiger partial charge in [-0.15, -0.1) is 0 Å². The molecule has 0 saturated heterocycles. The van der Waals surface area contributed by atoms with E-state index in [0.29, 0.717) is 5.75 Å². The summed E-state index contributed by atoms with van der Waals surface area (Å²) in [4.78, 5) is 0. The van der Waals surface area contributed by atoms with Gasteiger partial charge in [0.25, 0.3) is 0 Å². The van der Waals surface area contributed by atoms with Gasteiger partial charge in [0.1, 0.15) is 0 Å². The first-order chi connectivity index (χ1) is 4.06. The highest BCUT2D eigenvalue weighted by atomic mass is 33.1. The maximum atomic E-state index is 11.3. The SMILES string of the molecule is CCCSSC(F)(F)F. The van der Waals surface area contributed by atoms with Crippen LogP contribution in [0.2, 0.25) is 0 Å². The monoisotopic (exact) mass is 176 g/mol. The summed E-state index contributed by atoms with van der Waals surface area (Å²) in [6.45, 7) is 1.85. The molecule has 0 aromatic rings. The van der Waals surface area contributed by atoms with Crippen LogP contribution < -0.4 is 0 Å². The number of hydrogen-bond donors (Lipinski definition) is 0. The van der Waals surface area contributed by atoms with Crippen LogP contribution in [0.3, 0.4) is 0 Å². The van der Waals surface area contributed by atoms with Gasteiger partial charge >= 0.3 is 5.51 Å². The Morgan fingerprint density at radius 1 is 1.33 bits per heavy atom. The second-order valence-electron chi connectivity index (χ2n) is 1.35. The molecule has 0 aliphatic carbocycles. The highest BCUT2D eigenvalue weighted by molar-refractivity contribution is 8.77. The molecule has 0 atom stereocenters. The van der Waals surface area contributed by atoms with Crippen LogP contribution in [0, 0.1) is 0 Å². The predicted octanol–water partition coefficient (Wildman–Crippen LogP) is 3.30. The number of hydrogen-bond acceptors (Lipinski definition) is 2. The summed E-state index contributed by atoms with van der Waals surface area (Å²) >= 11 is 0. The van der Waals surface area contributed by atoms with Crippen LogP contribution in [-0.2, 0) is 0 Å². The summed E-state index contributed by atoms with van der Waals surface area (Å²) in [6, 6.07) is 0. The zero-order valence-corrected chi connectivity index (χ0v) is 6.50. The Kier molecular flexibility index (Phi) is 4.56. The van der Waals surface area contributed by atoms with E-state index in [2.05, 4.69) is 0 Å². The molecule has 0 aromatic carbocycles. The third-order valence-corrected chi connectivity index (χ3v) is 2.74. The molecular weight excluding hydrogens is 169 g/mol. The van der Waals surface area contributed by atoms with Crippen LogP contribution in [0.5, 0.6) is 0 Å². The first kappa shape index (κ1) is 9.49. The maximum Gasteiger partial charge on any atom is 0.452 e. The molecular formula is C4H7F3S2. The molecule has 0 N–H and O–H groups in total. The van der Waals surface area contributed by atoms with Gasteiger partial charge in [-0.1, -0.05) is 17.7 Å². The molecule has 0 saturated carbocycles. The number of rotatable bonds is 3. The third kappa shape index (κ3) is 8.49. The van der Waals surface area contributed by atoms with Gasteiger partial charge in [0.05, 0.1) is 0 Å². The highest BCUT2D eigenvalue weighted by Crippen LogP contribution is 2.39. The fourth-order valence-corrected chi connectivity index (χ4v) is 1.73. The Morgan fingerprint density at radius 2 is 1.89 bits per heavy atom. The first-order valence-electron chi connectivity index (χ1n) is 2.43. The van der Waals surface area contributed by atoms with Crippen LogP contribution in [0.15, 0.2) is 0 Å². The second-order valence-corrected chi connectivity index (χ2v) is 3.83. The summed E-state index contributed by atoms with van der Waals surface area (Å²) in [6.07, 6.45) is 0.785. The molecule has 9 heavy (non-hydrogen) atoms. The van der Waals surface area contributed by atoms with Crippen molar-refractivity contribution >= 4 is 21.6 Å². The van der Waals surface area contributed by atoms with Crippen molar-refractivity contribution in [3.63, 3.8) is 0 Å².